The second-order valence-corrected chi connectivity index (χ2v) is 2.22. The van der Waals surface area contributed by atoms with Crippen LogP contribution in [0.15, 0.2) is 0 Å². The highest BCUT2D eigenvalue weighted by Gasteiger charge is 2.10. The van der Waals surface area contributed by atoms with Gasteiger partial charge in [-0.25, -0.2) is 0 Å². The monoisotopic (exact) mass is 126 g/mol. The predicted octanol–water partition coefficient (Wildman–Crippen LogP) is 1.14. The topological polar surface area (TPSA) is 35.8 Å². The van der Waals surface area contributed by atoms with E-state index in [0.717, 1.165) is 6.42 Å². The van der Waals surface area contributed by atoms with Crippen molar-refractivity contribution in [1.29, 1.82) is 5.26 Å². The molecule has 0 amide bonds. The molecule has 0 aromatic carbocycles. The van der Waals surface area contributed by atoms with Gasteiger partial charge in [0, 0.05) is 6.04 Å². The van der Waals surface area contributed by atoms with Crippen molar-refractivity contribution in [2.45, 2.75) is 26.3 Å². The van der Waals surface area contributed by atoms with Gasteiger partial charge < -0.3 is 5.32 Å². The number of nitrogens with one attached hydrogen (secondary N) is 1. The van der Waals surface area contributed by atoms with Gasteiger partial charge in [0.2, 0.25) is 0 Å². The van der Waals surface area contributed by atoms with E-state index in [1.807, 2.05) is 20.9 Å². The molecule has 2 heteroatoms. The summed E-state index contributed by atoms with van der Waals surface area (Å²) >= 11 is 0. The third kappa shape index (κ3) is 2.48. The average molecular weight is 126 g/mol. The fraction of sp³-hybridized carbons (Fsp3) is 0.857. The Kier molecular flexibility index (Phi) is 4.08. The van der Waals surface area contributed by atoms with Gasteiger partial charge in [0.15, 0.2) is 0 Å². The molecule has 2 unspecified atom stereocenters. The molecule has 2 nitrogen and oxygen atoms in total. The zero-order valence-corrected chi connectivity index (χ0v) is 6.31. The van der Waals surface area contributed by atoms with E-state index in [1.54, 1.807) is 0 Å². The van der Waals surface area contributed by atoms with Gasteiger partial charge >= 0.3 is 0 Å². The van der Waals surface area contributed by atoms with Gasteiger partial charge in [-0.2, -0.15) is 5.26 Å². The summed E-state index contributed by atoms with van der Waals surface area (Å²) in [5.74, 6) is 0.162. The van der Waals surface area contributed by atoms with Crippen molar-refractivity contribution >= 4 is 0 Å². The van der Waals surface area contributed by atoms with Crippen molar-refractivity contribution < 1.29 is 0 Å². The van der Waals surface area contributed by atoms with E-state index >= 15 is 0 Å². The molecule has 0 aliphatic rings. The highest BCUT2D eigenvalue weighted by molar-refractivity contribution is 4.88. The SMILES string of the molecule is CCC(C#N)C(C)NC. The van der Waals surface area contributed by atoms with Crippen LogP contribution in [0.5, 0.6) is 0 Å². The molecule has 0 fully saturated rings. The first-order valence-corrected chi connectivity index (χ1v) is 3.33. The van der Waals surface area contributed by atoms with E-state index in [4.69, 9.17) is 5.26 Å². The van der Waals surface area contributed by atoms with Gasteiger partial charge in [0.05, 0.1) is 12.0 Å². The first kappa shape index (κ1) is 8.45. The Labute approximate surface area is 56.9 Å². The minimum atomic E-state index is 0.162. The molecule has 9 heavy (non-hydrogen) atoms. The van der Waals surface area contributed by atoms with Crippen molar-refractivity contribution in [2.75, 3.05) is 7.05 Å². The molecule has 52 valence electrons. The lowest BCUT2D eigenvalue weighted by Gasteiger charge is -2.13. The second-order valence-electron chi connectivity index (χ2n) is 2.22. The van der Waals surface area contributed by atoms with Gasteiger partial charge in [-0.3, -0.25) is 0 Å². The standard InChI is InChI=1S/C7H14N2/c1-4-7(5-8)6(2)9-3/h6-7,9H,4H2,1-3H3. The van der Waals surface area contributed by atoms with Gasteiger partial charge in [0.25, 0.3) is 0 Å². The van der Waals surface area contributed by atoms with Crippen LogP contribution in [0.4, 0.5) is 0 Å². The molecule has 0 aromatic rings. The highest BCUT2D eigenvalue weighted by atomic mass is 14.9. The van der Waals surface area contributed by atoms with Crippen molar-refractivity contribution in [3.63, 3.8) is 0 Å². The molecule has 0 spiro atoms. The maximum Gasteiger partial charge on any atom is 0.0671 e. The molecule has 0 aliphatic heterocycles. The lowest BCUT2D eigenvalue weighted by atomic mass is 10.0. The number of nitrogens with zero attached hydrogens (tertiary/aromatic N) is 1. The van der Waals surface area contributed by atoms with E-state index < -0.39 is 0 Å². The summed E-state index contributed by atoms with van der Waals surface area (Å²) in [4.78, 5) is 0. The molecule has 0 rings (SSSR count). The predicted molar refractivity (Wildman–Crippen MR) is 37.9 cm³/mol. The molecule has 0 bridgehead atoms. The Morgan fingerprint density at radius 2 is 2.22 bits per heavy atom. The van der Waals surface area contributed by atoms with Crippen LogP contribution in [0.25, 0.3) is 0 Å². The zero-order chi connectivity index (χ0) is 7.28. The first-order chi connectivity index (χ1) is 4.26. The second kappa shape index (κ2) is 4.34. The maximum atomic E-state index is 8.54. The van der Waals surface area contributed by atoms with Gasteiger partial charge in [0.1, 0.15) is 0 Å². The lowest BCUT2D eigenvalue weighted by molar-refractivity contribution is 0.464. The molecule has 0 radical (unpaired) electrons. The Hall–Kier alpha value is -0.550. The molecule has 2 atom stereocenters. The molecule has 0 saturated carbocycles. The summed E-state index contributed by atoms with van der Waals surface area (Å²) in [7, 11) is 1.88. The number of rotatable bonds is 3. The summed E-state index contributed by atoms with van der Waals surface area (Å²) in [6, 6.07) is 2.56. The van der Waals surface area contributed by atoms with E-state index in [9.17, 15) is 0 Å². The van der Waals surface area contributed by atoms with E-state index in [-0.39, 0.29) is 5.92 Å². The molecule has 0 heterocycles. The van der Waals surface area contributed by atoms with Crippen LogP contribution in [0, 0.1) is 17.2 Å². The van der Waals surface area contributed by atoms with E-state index in [1.165, 1.54) is 0 Å². The zero-order valence-electron chi connectivity index (χ0n) is 6.31. The minimum Gasteiger partial charge on any atom is -0.316 e. The molecule has 0 aliphatic carbocycles. The molecule has 0 saturated heterocycles. The average Bonchev–Trinajstić information content (AvgIpc) is 1.90. The molecular weight excluding hydrogens is 112 g/mol. The van der Waals surface area contributed by atoms with Crippen molar-refractivity contribution in [2.24, 2.45) is 5.92 Å². The molecule has 0 aromatic heterocycles. The van der Waals surface area contributed by atoms with E-state index in [2.05, 4.69) is 11.4 Å². The van der Waals surface area contributed by atoms with Gasteiger partial charge in [-0.1, -0.05) is 6.92 Å². The summed E-state index contributed by atoms with van der Waals surface area (Å²) in [5.41, 5.74) is 0. The minimum absolute atomic E-state index is 0.162. The normalized spacial score (nSPS) is 16.2. The smallest absolute Gasteiger partial charge is 0.0671 e. The highest BCUT2D eigenvalue weighted by Crippen LogP contribution is 2.05. The Balaban J connectivity index is 3.68. The van der Waals surface area contributed by atoms with Crippen LogP contribution in [0.3, 0.4) is 0 Å². The Morgan fingerprint density at radius 3 is 2.33 bits per heavy atom. The van der Waals surface area contributed by atoms with Gasteiger partial charge in [-0.05, 0) is 20.4 Å². The molecular formula is C7H14N2. The quantitative estimate of drug-likeness (QED) is 0.615. The van der Waals surface area contributed by atoms with E-state index in [0.29, 0.717) is 6.04 Å². The van der Waals surface area contributed by atoms with Crippen LogP contribution in [0.2, 0.25) is 0 Å². The first-order valence-electron chi connectivity index (χ1n) is 3.33. The Bertz CT molecular complexity index is 104. The third-order valence-electron chi connectivity index (χ3n) is 1.66. The molecule has 1 N–H and O–H groups in total. The van der Waals surface area contributed by atoms with Crippen molar-refractivity contribution in [3.05, 3.63) is 0 Å². The summed E-state index contributed by atoms with van der Waals surface area (Å²) in [6.45, 7) is 4.05. The summed E-state index contributed by atoms with van der Waals surface area (Å²) in [5, 5.41) is 11.6. The van der Waals surface area contributed by atoms with Crippen molar-refractivity contribution in [1.82, 2.24) is 5.32 Å². The fourth-order valence-corrected chi connectivity index (χ4v) is 0.758. The van der Waals surface area contributed by atoms with Gasteiger partial charge in [-0.15, -0.1) is 0 Å². The largest absolute Gasteiger partial charge is 0.316 e. The Morgan fingerprint density at radius 1 is 1.67 bits per heavy atom. The number of nitriles is 1. The van der Waals surface area contributed by atoms with Crippen molar-refractivity contribution in [3.8, 4) is 6.07 Å². The maximum absolute atomic E-state index is 8.54. The fourth-order valence-electron chi connectivity index (χ4n) is 0.758. The van der Waals surface area contributed by atoms with Crippen LogP contribution in [-0.4, -0.2) is 13.1 Å². The number of hydrogen-bond acceptors (Lipinski definition) is 2. The summed E-state index contributed by atoms with van der Waals surface area (Å²) < 4.78 is 0. The van der Waals surface area contributed by atoms with Crippen LogP contribution < -0.4 is 5.32 Å². The third-order valence-corrected chi connectivity index (χ3v) is 1.66. The number of hydrogen-bond donors (Lipinski definition) is 1. The lowest BCUT2D eigenvalue weighted by Crippen LogP contribution is -2.28. The van der Waals surface area contributed by atoms with Crippen LogP contribution in [-0.2, 0) is 0 Å². The van der Waals surface area contributed by atoms with Crippen LogP contribution in [0.1, 0.15) is 20.3 Å². The van der Waals surface area contributed by atoms with Crippen LogP contribution >= 0.6 is 0 Å². The summed E-state index contributed by atoms with van der Waals surface area (Å²) in [6.07, 6.45) is 0.929.